The van der Waals surface area contributed by atoms with Gasteiger partial charge >= 0.3 is 6.03 Å². The van der Waals surface area contributed by atoms with Gasteiger partial charge < -0.3 is 9.64 Å². The molecular weight excluding hydrogens is 256 g/mol. The molecule has 3 heterocycles. The Morgan fingerprint density at radius 1 is 1.72 bits per heavy atom. The molecule has 1 aromatic heterocycles. The second-order valence-corrected chi connectivity index (χ2v) is 5.58. The minimum atomic E-state index is -0.185. The molecule has 0 radical (unpaired) electrons. The van der Waals surface area contributed by atoms with Crippen LogP contribution in [-0.2, 0) is 11.8 Å². The summed E-state index contributed by atoms with van der Waals surface area (Å²) < 4.78 is 7.20. The number of morpholine rings is 1. The molecule has 0 aliphatic carbocycles. The number of carbonyl (C=O) groups is 1. The average molecular weight is 271 g/mol. The Morgan fingerprint density at radius 2 is 2.50 bits per heavy atom. The van der Waals surface area contributed by atoms with Crippen molar-refractivity contribution < 1.29 is 9.53 Å². The van der Waals surface area contributed by atoms with Gasteiger partial charge in [-0.15, -0.1) is 0 Å². The fourth-order valence-corrected chi connectivity index (χ4v) is 2.89. The van der Waals surface area contributed by atoms with Crippen LogP contribution in [-0.4, -0.2) is 45.5 Å². The number of hydrogen-bond acceptors (Lipinski definition) is 3. The third-order valence-electron chi connectivity index (χ3n) is 3.51. The lowest BCUT2D eigenvalue weighted by atomic mass is 10.1. The molecule has 0 spiro atoms. The van der Waals surface area contributed by atoms with Crippen LogP contribution in [0.15, 0.2) is 6.20 Å². The van der Waals surface area contributed by atoms with Crippen molar-refractivity contribution in [3.63, 3.8) is 0 Å². The molecule has 1 aromatic rings. The highest BCUT2D eigenvalue weighted by Crippen LogP contribution is 2.37. The summed E-state index contributed by atoms with van der Waals surface area (Å²) in [4.78, 5) is 14.0. The van der Waals surface area contributed by atoms with Crippen molar-refractivity contribution in [3.05, 3.63) is 11.2 Å². The normalized spacial score (nSPS) is 29.9. The van der Waals surface area contributed by atoms with Crippen LogP contribution in [0.5, 0.6) is 0 Å². The number of urea groups is 1. The van der Waals surface area contributed by atoms with Crippen molar-refractivity contribution in [2.75, 3.05) is 18.5 Å². The van der Waals surface area contributed by atoms with Crippen molar-refractivity contribution in [1.82, 2.24) is 14.7 Å². The Labute approximate surface area is 110 Å². The molecule has 0 aromatic carbocycles. The lowest BCUT2D eigenvalue weighted by molar-refractivity contribution is -0.0199. The van der Waals surface area contributed by atoms with E-state index in [4.69, 9.17) is 16.3 Å². The number of anilines is 1. The second kappa shape index (κ2) is 3.86. The van der Waals surface area contributed by atoms with Gasteiger partial charge in [0.1, 0.15) is 5.02 Å². The Hall–Kier alpha value is -1.27. The van der Waals surface area contributed by atoms with E-state index >= 15 is 0 Å². The van der Waals surface area contributed by atoms with Gasteiger partial charge in [0.25, 0.3) is 0 Å². The van der Waals surface area contributed by atoms with Crippen LogP contribution in [0.2, 0.25) is 5.02 Å². The molecule has 2 saturated heterocycles. The molecule has 18 heavy (non-hydrogen) atoms. The molecule has 6 nitrogen and oxygen atoms in total. The van der Waals surface area contributed by atoms with Crippen LogP contribution in [0.4, 0.5) is 10.6 Å². The summed E-state index contributed by atoms with van der Waals surface area (Å²) in [6, 6.07) is 0.00473. The Bertz CT molecular complexity index is 503. The van der Waals surface area contributed by atoms with Gasteiger partial charge in [-0.05, 0) is 6.92 Å². The van der Waals surface area contributed by atoms with E-state index < -0.39 is 0 Å². The van der Waals surface area contributed by atoms with E-state index in [0.29, 0.717) is 24.0 Å². The summed E-state index contributed by atoms with van der Waals surface area (Å²) in [5, 5.41) is 7.28. The van der Waals surface area contributed by atoms with Gasteiger partial charge in [-0.1, -0.05) is 11.6 Å². The van der Waals surface area contributed by atoms with Crippen LogP contribution in [0.3, 0.4) is 0 Å². The SMILES string of the molecule is Cn1cc(Cl)c(NC(=O)N2CC3(C)CC2CO3)n1. The van der Waals surface area contributed by atoms with E-state index in [0.717, 1.165) is 6.42 Å². The van der Waals surface area contributed by atoms with Crippen LogP contribution in [0, 0.1) is 0 Å². The Kier molecular flexibility index (Phi) is 2.53. The van der Waals surface area contributed by atoms with Gasteiger partial charge in [-0.2, -0.15) is 5.10 Å². The molecule has 2 unspecified atom stereocenters. The number of aromatic nitrogens is 2. The van der Waals surface area contributed by atoms with E-state index in [9.17, 15) is 4.79 Å². The summed E-state index contributed by atoms with van der Waals surface area (Å²) >= 11 is 5.96. The molecule has 2 amide bonds. The van der Waals surface area contributed by atoms with Gasteiger partial charge in [0, 0.05) is 19.7 Å². The van der Waals surface area contributed by atoms with Gasteiger partial charge in [0.15, 0.2) is 5.82 Å². The number of aryl methyl sites for hydroxylation is 1. The number of hydrogen-bond donors (Lipinski definition) is 1. The first kappa shape index (κ1) is 11.8. The van der Waals surface area contributed by atoms with Gasteiger partial charge in [-0.25, -0.2) is 4.79 Å². The Balaban J connectivity index is 1.71. The van der Waals surface area contributed by atoms with E-state index in [1.807, 2.05) is 6.92 Å². The van der Waals surface area contributed by atoms with Crippen LogP contribution < -0.4 is 5.32 Å². The minimum Gasteiger partial charge on any atom is -0.371 e. The van der Waals surface area contributed by atoms with Crippen LogP contribution in [0.1, 0.15) is 13.3 Å². The first-order chi connectivity index (χ1) is 8.47. The average Bonchev–Trinajstić information content (AvgIpc) is 2.91. The van der Waals surface area contributed by atoms with Crippen molar-refractivity contribution >= 4 is 23.4 Å². The van der Waals surface area contributed by atoms with E-state index in [-0.39, 0.29) is 17.7 Å². The third kappa shape index (κ3) is 1.85. The summed E-state index contributed by atoms with van der Waals surface area (Å²) in [5.74, 6) is 0.401. The molecule has 2 aliphatic rings. The molecule has 0 saturated carbocycles. The maximum atomic E-state index is 12.2. The maximum Gasteiger partial charge on any atom is 0.323 e. The monoisotopic (exact) mass is 270 g/mol. The third-order valence-corrected chi connectivity index (χ3v) is 3.78. The molecule has 2 fully saturated rings. The number of nitrogens with zero attached hydrogens (tertiary/aromatic N) is 3. The number of carbonyl (C=O) groups excluding carboxylic acids is 1. The molecule has 2 atom stereocenters. The lowest BCUT2D eigenvalue weighted by Crippen LogP contribution is -2.46. The number of likely N-dealkylation sites (tertiary alicyclic amines) is 1. The molecule has 1 N–H and O–H groups in total. The first-order valence-electron chi connectivity index (χ1n) is 5.88. The van der Waals surface area contributed by atoms with E-state index in [1.54, 1.807) is 22.8 Å². The molecule has 2 bridgehead atoms. The number of halogens is 1. The fraction of sp³-hybridized carbons (Fsp3) is 0.636. The zero-order valence-electron chi connectivity index (χ0n) is 10.3. The summed E-state index contributed by atoms with van der Waals surface area (Å²) in [5.41, 5.74) is -0.185. The highest BCUT2D eigenvalue weighted by Gasteiger charge is 2.49. The number of rotatable bonds is 1. The molecule has 7 heteroatoms. The summed E-state index contributed by atoms with van der Waals surface area (Å²) in [6.45, 7) is 3.27. The Morgan fingerprint density at radius 3 is 3.00 bits per heavy atom. The minimum absolute atomic E-state index is 0.160. The number of ether oxygens (including phenoxy) is 1. The molecule has 3 rings (SSSR count). The largest absolute Gasteiger partial charge is 0.371 e. The predicted molar refractivity (Wildman–Crippen MR) is 66.7 cm³/mol. The van der Waals surface area contributed by atoms with Crippen LogP contribution >= 0.6 is 11.6 Å². The lowest BCUT2D eigenvalue weighted by Gasteiger charge is -2.30. The predicted octanol–water partition coefficient (Wildman–Crippen LogP) is 1.47. The number of nitrogens with one attached hydrogen (secondary N) is 1. The molecule has 98 valence electrons. The fourth-order valence-electron chi connectivity index (χ4n) is 2.67. The highest BCUT2D eigenvalue weighted by molar-refractivity contribution is 6.33. The standard InChI is InChI=1S/C11H15ClN4O2/c1-11-3-7(5-18-11)16(6-11)10(17)13-9-8(12)4-15(2)14-9/h4,7H,3,5-6H2,1-2H3,(H,13,14,17). The van der Waals surface area contributed by atoms with Crippen molar-refractivity contribution in [3.8, 4) is 0 Å². The first-order valence-corrected chi connectivity index (χ1v) is 6.25. The van der Waals surface area contributed by atoms with Gasteiger partial charge in [0.05, 0.1) is 24.8 Å². The topological polar surface area (TPSA) is 59.4 Å². The molecule has 2 aliphatic heterocycles. The smallest absolute Gasteiger partial charge is 0.323 e. The number of amides is 2. The zero-order chi connectivity index (χ0) is 12.9. The van der Waals surface area contributed by atoms with Crippen LogP contribution in [0.25, 0.3) is 0 Å². The summed E-state index contributed by atoms with van der Waals surface area (Å²) in [7, 11) is 1.76. The van der Waals surface area contributed by atoms with Gasteiger partial charge in [0.2, 0.25) is 0 Å². The summed E-state index contributed by atoms with van der Waals surface area (Å²) in [6.07, 6.45) is 2.55. The van der Waals surface area contributed by atoms with Crippen molar-refractivity contribution in [2.24, 2.45) is 7.05 Å². The quantitative estimate of drug-likeness (QED) is 0.841. The van der Waals surface area contributed by atoms with E-state index in [2.05, 4.69) is 10.4 Å². The number of fused-ring (bicyclic) bond motifs is 2. The second-order valence-electron chi connectivity index (χ2n) is 5.18. The zero-order valence-corrected chi connectivity index (χ0v) is 11.1. The van der Waals surface area contributed by atoms with E-state index in [1.165, 1.54) is 0 Å². The van der Waals surface area contributed by atoms with Gasteiger partial charge in [-0.3, -0.25) is 10.00 Å². The maximum absolute atomic E-state index is 12.2. The van der Waals surface area contributed by atoms with Crippen molar-refractivity contribution in [1.29, 1.82) is 0 Å². The molecular formula is C11H15ClN4O2. The van der Waals surface area contributed by atoms with Crippen molar-refractivity contribution in [2.45, 2.75) is 25.0 Å². The highest BCUT2D eigenvalue weighted by atomic mass is 35.5.